The summed E-state index contributed by atoms with van der Waals surface area (Å²) < 4.78 is 0. The number of benzene rings is 1. The molecule has 1 heterocycles. The van der Waals surface area contributed by atoms with E-state index in [4.69, 9.17) is 10.5 Å². The van der Waals surface area contributed by atoms with E-state index in [-0.39, 0.29) is 0 Å². The van der Waals surface area contributed by atoms with Crippen LogP contribution in [0.3, 0.4) is 0 Å². The molecule has 1 aromatic heterocycles. The lowest BCUT2D eigenvalue weighted by atomic mass is 10.1. The number of anilines is 1. The molecule has 4 nitrogen and oxygen atoms in total. The van der Waals surface area contributed by atoms with E-state index >= 15 is 0 Å². The van der Waals surface area contributed by atoms with Gasteiger partial charge >= 0.3 is 0 Å². The average Bonchev–Trinajstić information content (AvgIpc) is 2.45. The van der Waals surface area contributed by atoms with Gasteiger partial charge in [0.05, 0.1) is 17.3 Å². The average molecular weight is 234 g/mol. The first-order valence-corrected chi connectivity index (χ1v) is 5.41. The molecule has 0 unspecified atom stereocenters. The van der Waals surface area contributed by atoms with Gasteiger partial charge in [-0.05, 0) is 29.8 Å². The van der Waals surface area contributed by atoms with Crippen molar-refractivity contribution in [1.29, 1.82) is 10.5 Å². The van der Waals surface area contributed by atoms with Gasteiger partial charge in [0.25, 0.3) is 0 Å². The van der Waals surface area contributed by atoms with Crippen molar-refractivity contribution in [2.24, 2.45) is 0 Å². The highest BCUT2D eigenvalue weighted by molar-refractivity contribution is 5.53. The second kappa shape index (κ2) is 5.47. The lowest BCUT2D eigenvalue weighted by Gasteiger charge is -2.07. The summed E-state index contributed by atoms with van der Waals surface area (Å²) in [7, 11) is 0. The number of nitrogens with zero attached hydrogens (tertiary/aromatic N) is 3. The standard InChI is InChI=1S/C14H10N4/c15-8-11-3-1-4-12(7-11)10-18-13-5-2-6-17-14(13)9-16/h1-7,18H,10H2. The van der Waals surface area contributed by atoms with E-state index in [9.17, 15) is 0 Å². The normalized spacial score (nSPS) is 9.22. The van der Waals surface area contributed by atoms with Crippen LogP contribution in [-0.2, 0) is 6.54 Å². The molecule has 0 spiro atoms. The van der Waals surface area contributed by atoms with Crippen molar-refractivity contribution in [2.45, 2.75) is 6.54 Å². The molecule has 0 aliphatic carbocycles. The maximum absolute atomic E-state index is 8.90. The number of hydrogen-bond donors (Lipinski definition) is 1. The van der Waals surface area contributed by atoms with E-state index < -0.39 is 0 Å². The van der Waals surface area contributed by atoms with Crippen LogP contribution in [0.15, 0.2) is 42.6 Å². The molecule has 2 rings (SSSR count). The molecule has 18 heavy (non-hydrogen) atoms. The fraction of sp³-hybridized carbons (Fsp3) is 0.0714. The van der Waals surface area contributed by atoms with E-state index in [1.165, 1.54) is 0 Å². The van der Waals surface area contributed by atoms with Gasteiger partial charge in [-0.25, -0.2) is 4.98 Å². The van der Waals surface area contributed by atoms with Gasteiger partial charge in [-0.3, -0.25) is 0 Å². The predicted molar refractivity (Wildman–Crippen MR) is 67.4 cm³/mol. The molecule has 0 aliphatic heterocycles. The molecule has 0 saturated heterocycles. The van der Waals surface area contributed by atoms with Crippen LogP contribution in [0.4, 0.5) is 5.69 Å². The molecule has 86 valence electrons. The van der Waals surface area contributed by atoms with Gasteiger partial charge in [-0.2, -0.15) is 10.5 Å². The Morgan fingerprint density at radius 3 is 2.78 bits per heavy atom. The van der Waals surface area contributed by atoms with Crippen LogP contribution in [0.25, 0.3) is 0 Å². The zero-order chi connectivity index (χ0) is 12.8. The van der Waals surface area contributed by atoms with Crippen molar-refractivity contribution in [2.75, 3.05) is 5.32 Å². The molecule has 0 aliphatic rings. The third-order valence-corrected chi connectivity index (χ3v) is 2.45. The molecule has 4 heteroatoms. The van der Waals surface area contributed by atoms with Crippen LogP contribution < -0.4 is 5.32 Å². The van der Waals surface area contributed by atoms with Gasteiger partial charge in [0.2, 0.25) is 0 Å². The third kappa shape index (κ3) is 2.63. The largest absolute Gasteiger partial charge is 0.379 e. The van der Waals surface area contributed by atoms with Crippen LogP contribution in [0, 0.1) is 22.7 Å². The quantitative estimate of drug-likeness (QED) is 0.885. The Morgan fingerprint density at radius 1 is 1.11 bits per heavy atom. The lowest BCUT2D eigenvalue weighted by Crippen LogP contribution is -2.02. The molecule has 0 bridgehead atoms. The molecule has 0 amide bonds. The number of hydrogen-bond acceptors (Lipinski definition) is 4. The zero-order valence-corrected chi connectivity index (χ0v) is 9.59. The molecule has 1 N–H and O–H groups in total. The van der Waals surface area contributed by atoms with Gasteiger partial charge in [0.1, 0.15) is 6.07 Å². The maximum atomic E-state index is 8.90. The summed E-state index contributed by atoms with van der Waals surface area (Å²) in [6.07, 6.45) is 1.58. The van der Waals surface area contributed by atoms with E-state index in [0.717, 1.165) is 5.56 Å². The van der Waals surface area contributed by atoms with Crippen molar-refractivity contribution in [1.82, 2.24) is 4.98 Å². The number of pyridine rings is 1. The summed E-state index contributed by atoms with van der Waals surface area (Å²) in [6.45, 7) is 0.551. The van der Waals surface area contributed by atoms with E-state index in [2.05, 4.69) is 16.4 Å². The fourth-order valence-corrected chi connectivity index (χ4v) is 1.59. The monoisotopic (exact) mass is 234 g/mol. The van der Waals surface area contributed by atoms with E-state index in [1.807, 2.05) is 24.3 Å². The smallest absolute Gasteiger partial charge is 0.163 e. The minimum absolute atomic E-state index is 0.369. The Bertz CT molecular complexity index is 635. The summed E-state index contributed by atoms with van der Waals surface area (Å²) in [5.41, 5.74) is 2.68. The Hall–Kier alpha value is -2.85. The summed E-state index contributed by atoms with van der Waals surface area (Å²) in [4.78, 5) is 3.97. The van der Waals surface area contributed by atoms with E-state index in [1.54, 1.807) is 24.4 Å². The molecule has 2 aromatic rings. The van der Waals surface area contributed by atoms with Crippen molar-refractivity contribution in [3.05, 3.63) is 59.4 Å². The first-order valence-electron chi connectivity index (χ1n) is 5.41. The second-order valence-corrected chi connectivity index (χ2v) is 3.68. The predicted octanol–water partition coefficient (Wildman–Crippen LogP) is 2.44. The second-order valence-electron chi connectivity index (χ2n) is 3.68. The topological polar surface area (TPSA) is 72.5 Å². The van der Waals surface area contributed by atoms with Gasteiger partial charge in [-0.15, -0.1) is 0 Å². The van der Waals surface area contributed by atoms with Crippen LogP contribution in [0.5, 0.6) is 0 Å². The summed E-state index contributed by atoms with van der Waals surface area (Å²) in [5.74, 6) is 0. The Labute approximate surface area is 105 Å². The van der Waals surface area contributed by atoms with Crippen molar-refractivity contribution >= 4 is 5.69 Å². The van der Waals surface area contributed by atoms with Crippen LogP contribution in [-0.4, -0.2) is 4.98 Å². The van der Waals surface area contributed by atoms with Crippen molar-refractivity contribution in [3.63, 3.8) is 0 Å². The van der Waals surface area contributed by atoms with Gasteiger partial charge in [-0.1, -0.05) is 12.1 Å². The molecule has 0 atom stereocenters. The van der Waals surface area contributed by atoms with Crippen molar-refractivity contribution < 1.29 is 0 Å². The maximum Gasteiger partial charge on any atom is 0.163 e. The molecule has 1 aromatic carbocycles. The van der Waals surface area contributed by atoms with Crippen molar-refractivity contribution in [3.8, 4) is 12.1 Å². The van der Waals surface area contributed by atoms with Crippen LogP contribution >= 0.6 is 0 Å². The Kier molecular flexibility index (Phi) is 3.53. The number of nitriles is 2. The highest BCUT2D eigenvalue weighted by atomic mass is 14.9. The van der Waals surface area contributed by atoms with Gasteiger partial charge in [0.15, 0.2) is 5.69 Å². The molecule has 0 fully saturated rings. The summed E-state index contributed by atoms with van der Waals surface area (Å²) >= 11 is 0. The van der Waals surface area contributed by atoms with Gasteiger partial charge in [0, 0.05) is 12.7 Å². The summed E-state index contributed by atoms with van der Waals surface area (Å²) in [5, 5.41) is 20.8. The first kappa shape index (κ1) is 11.6. The number of aromatic nitrogens is 1. The zero-order valence-electron chi connectivity index (χ0n) is 9.59. The third-order valence-electron chi connectivity index (χ3n) is 2.45. The van der Waals surface area contributed by atoms with Crippen LogP contribution in [0.2, 0.25) is 0 Å². The lowest BCUT2D eigenvalue weighted by molar-refractivity contribution is 1.12. The molecular formula is C14H10N4. The highest BCUT2D eigenvalue weighted by Gasteiger charge is 2.01. The minimum Gasteiger partial charge on any atom is -0.379 e. The first-order chi connectivity index (χ1) is 8.83. The van der Waals surface area contributed by atoms with Gasteiger partial charge < -0.3 is 5.32 Å². The molecular weight excluding hydrogens is 224 g/mol. The highest BCUT2D eigenvalue weighted by Crippen LogP contribution is 2.13. The molecule has 0 saturated carbocycles. The van der Waals surface area contributed by atoms with E-state index in [0.29, 0.717) is 23.5 Å². The molecule has 0 radical (unpaired) electrons. The fourth-order valence-electron chi connectivity index (χ4n) is 1.59. The summed E-state index contributed by atoms with van der Waals surface area (Å²) in [6, 6.07) is 15.0. The Morgan fingerprint density at radius 2 is 2.00 bits per heavy atom. The Balaban J connectivity index is 2.12. The van der Waals surface area contributed by atoms with Crippen LogP contribution in [0.1, 0.15) is 16.8 Å². The minimum atomic E-state index is 0.369. The number of rotatable bonds is 3. The SMILES string of the molecule is N#Cc1cccc(CNc2cccnc2C#N)c1. The number of nitrogens with one attached hydrogen (secondary N) is 1.